The first-order valence-electron chi connectivity index (χ1n) is 6.83. The predicted octanol–water partition coefficient (Wildman–Crippen LogP) is 3.76. The lowest BCUT2D eigenvalue weighted by atomic mass is 10.1. The molecule has 0 saturated carbocycles. The van der Waals surface area contributed by atoms with Crippen LogP contribution in [0.3, 0.4) is 0 Å². The van der Waals surface area contributed by atoms with Crippen LogP contribution in [0.25, 0.3) is 0 Å². The van der Waals surface area contributed by atoms with Gasteiger partial charge < -0.3 is 19.6 Å². The normalized spacial score (nSPS) is 19.0. The topological polar surface area (TPSA) is 71.7 Å². The summed E-state index contributed by atoms with van der Waals surface area (Å²) in [6.45, 7) is 1.96. The lowest BCUT2D eigenvalue weighted by molar-refractivity contribution is -0.143. The van der Waals surface area contributed by atoms with Crippen molar-refractivity contribution in [2.45, 2.75) is 19.1 Å². The molecule has 0 amide bonds. The summed E-state index contributed by atoms with van der Waals surface area (Å²) < 4.78 is 10.3. The fourth-order valence-electron chi connectivity index (χ4n) is 2.24. The predicted molar refractivity (Wildman–Crippen MR) is 86.2 cm³/mol. The SMILES string of the molecule is Cc1ccc(NC2=C(Cl)C(=O)O[C@@H]2[C@H](O)c2ccc(Cl)o2)cc1. The quantitative estimate of drug-likeness (QED) is 0.818. The molecule has 0 radical (unpaired) electrons. The summed E-state index contributed by atoms with van der Waals surface area (Å²) in [7, 11) is 0. The highest BCUT2D eigenvalue weighted by Crippen LogP contribution is 2.35. The third kappa shape index (κ3) is 3.22. The van der Waals surface area contributed by atoms with Gasteiger partial charge in [-0.15, -0.1) is 0 Å². The lowest BCUT2D eigenvalue weighted by Crippen LogP contribution is -2.24. The molecule has 0 fully saturated rings. The fraction of sp³-hybridized carbons (Fsp3) is 0.188. The highest BCUT2D eigenvalue weighted by Gasteiger charge is 2.40. The van der Waals surface area contributed by atoms with E-state index < -0.39 is 18.2 Å². The van der Waals surface area contributed by atoms with E-state index in [-0.39, 0.29) is 21.7 Å². The Balaban J connectivity index is 1.88. The molecular formula is C16H13Cl2NO4. The number of hydrogen-bond donors (Lipinski definition) is 2. The van der Waals surface area contributed by atoms with Crippen LogP contribution in [0, 0.1) is 6.92 Å². The summed E-state index contributed by atoms with van der Waals surface area (Å²) in [4.78, 5) is 11.8. The molecule has 23 heavy (non-hydrogen) atoms. The number of aliphatic hydroxyl groups is 1. The third-order valence-electron chi connectivity index (χ3n) is 3.44. The summed E-state index contributed by atoms with van der Waals surface area (Å²) >= 11 is 11.7. The van der Waals surface area contributed by atoms with Crippen LogP contribution in [0.4, 0.5) is 5.69 Å². The number of carbonyl (C=O) groups is 1. The molecule has 5 nitrogen and oxygen atoms in total. The molecule has 1 aliphatic heterocycles. The number of benzene rings is 1. The van der Waals surface area contributed by atoms with Gasteiger partial charge in [-0.25, -0.2) is 4.79 Å². The number of carbonyl (C=O) groups excluding carboxylic acids is 1. The van der Waals surface area contributed by atoms with E-state index >= 15 is 0 Å². The van der Waals surface area contributed by atoms with Crippen LogP contribution in [0.1, 0.15) is 17.4 Å². The van der Waals surface area contributed by atoms with Gasteiger partial charge in [0.1, 0.15) is 10.8 Å². The standard InChI is InChI=1S/C16H13Cl2NO4/c1-8-2-4-9(5-3-8)19-13-12(18)16(21)23-15(13)14(20)10-6-7-11(17)22-10/h2-7,14-15,19-20H,1H3/t14-,15+/m1/s1. The zero-order valence-electron chi connectivity index (χ0n) is 12.0. The highest BCUT2D eigenvalue weighted by molar-refractivity contribution is 6.42. The van der Waals surface area contributed by atoms with Crippen molar-refractivity contribution in [1.82, 2.24) is 0 Å². The number of rotatable bonds is 4. The van der Waals surface area contributed by atoms with Crippen LogP contribution < -0.4 is 5.32 Å². The van der Waals surface area contributed by atoms with E-state index in [0.29, 0.717) is 0 Å². The van der Waals surface area contributed by atoms with Gasteiger partial charge in [0.2, 0.25) is 0 Å². The largest absolute Gasteiger partial charge is 0.448 e. The molecule has 2 atom stereocenters. The van der Waals surface area contributed by atoms with Gasteiger partial charge in [0, 0.05) is 5.69 Å². The van der Waals surface area contributed by atoms with Gasteiger partial charge in [0.15, 0.2) is 17.4 Å². The number of nitrogens with one attached hydrogen (secondary N) is 1. The Hall–Kier alpha value is -1.95. The zero-order valence-corrected chi connectivity index (χ0v) is 13.6. The number of halogens is 2. The Bertz CT molecular complexity index is 767. The van der Waals surface area contributed by atoms with Crippen LogP contribution in [0.5, 0.6) is 0 Å². The smallest absolute Gasteiger partial charge is 0.352 e. The molecule has 1 aromatic carbocycles. The van der Waals surface area contributed by atoms with Gasteiger partial charge in [-0.05, 0) is 42.8 Å². The van der Waals surface area contributed by atoms with Gasteiger partial charge in [0.25, 0.3) is 0 Å². The lowest BCUT2D eigenvalue weighted by Gasteiger charge is -2.19. The number of cyclic esters (lactones) is 1. The molecule has 7 heteroatoms. The minimum absolute atomic E-state index is 0.104. The second kappa shape index (κ2) is 6.28. The van der Waals surface area contributed by atoms with Crippen LogP contribution in [0.15, 0.2) is 51.5 Å². The molecular weight excluding hydrogens is 341 g/mol. The second-order valence-electron chi connectivity index (χ2n) is 5.13. The van der Waals surface area contributed by atoms with E-state index in [1.165, 1.54) is 12.1 Å². The van der Waals surface area contributed by atoms with Gasteiger partial charge >= 0.3 is 5.97 Å². The van der Waals surface area contributed by atoms with E-state index in [2.05, 4.69) is 5.32 Å². The average Bonchev–Trinajstić information content (AvgIpc) is 3.07. The third-order valence-corrected chi connectivity index (χ3v) is 4.00. The average molecular weight is 354 g/mol. The number of aliphatic hydroxyl groups excluding tert-OH is 1. The van der Waals surface area contributed by atoms with Crippen molar-refractivity contribution in [2.24, 2.45) is 0 Å². The van der Waals surface area contributed by atoms with Gasteiger partial charge in [-0.3, -0.25) is 0 Å². The maximum absolute atomic E-state index is 11.8. The number of hydrogen-bond acceptors (Lipinski definition) is 5. The van der Waals surface area contributed by atoms with Crippen LogP contribution in [0.2, 0.25) is 5.22 Å². The monoisotopic (exact) mass is 353 g/mol. The Kier molecular flexibility index (Phi) is 4.35. The minimum Gasteiger partial charge on any atom is -0.448 e. The van der Waals surface area contributed by atoms with Crippen LogP contribution >= 0.6 is 23.2 Å². The van der Waals surface area contributed by atoms with Crippen molar-refractivity contribution in [2.75, 3.05) is 5.32 Å². The van der Waals surface area contributed by atoms with Crippen LogP contribution in [-0.2, 0) is 9.53 Å². The summed E-state index contributed by atoms with van der Waals surface area (Å²) in [5.41, 5.74) is 2.09. The van der Waals surface area contributed by atoms with E-state index in [4.69, 9.17) is 32.4 Å². The molecule has 0 aliphatic carbocycles. The van der Waals surface area contributed by atoms with Gasteiger partial charge in [-0.2, -0.15) is 0 Å². The van der Waals surface area contributed by atoms with Crippen molar-refractivity contribution in [1.29, 1.82) is 0 Å². The Morgan fingerprint density at radius 1 is 1.17 bits per heavy atom. The molecule has 2 N–H and O–H groups in total. The molecule has 2 aromatic rings. The molecule has 0 bridgehead atoms. The van der Waals surface area contributed by atoms with Crippen LogP contribution in [-0.4, -0.2) is 17.2 Å². The van der Waals surface area contributed by atoms with Gasteiger partial charge in [-0.1, -0.05) is 29.3 Å². The molecule has 0 unspecified atom stereocenters. The van der Waals surface area contributed by atoms with Crippen molar-refractivity contribution in [3.8, 4) is 0 Å². The van der Waals surface area contributed by atoms with E-state index in [1.54, 1.807) is 0 Å². The maximum atomic E-state index is 11.8. The molecule has 0 saturated heterocycles. The molecule has 120 valence electrons. The minimum atomic E-state index is -1.23. The second-order valence-corrected chi connectivity index (χ2v) is 5.88. The number of aryl methyl sites for hydroxylation is 1. The maximum Gasteiger partial charge on any atom is 0.352 e. The first kappa shape index (κ1) is 15.9. The highest BCUT2D eigenvalue weighted by atomic mass is 35.5. The molecule has 1 aromatic heterocycles. The molecule has 0 spiro atoms. The van der Waals surface area contributed by atoms with Crippen molar-refractivity contribution < 1.29 is 19.1 Å². The number of esters is 1. The van der Waals surface area contributed by atoms with E-state index in [9.17, 15) is 9.90 Å². The molecule has 3 rings (SSSR count). The number of anilines is 1. The number of ether oxygens (including phenoxy) is 1. The fourth-order valence-corrected chi connectivity index (χ4v) is 2.59. The number of furan rings is 1. The first-order valence-corrected chi connectivity index (χ1v) is 7.59. The Morgan fingerprint density at radius 3 is 2.48 bits per heavy atom. The summed E-state index contributed by atoms with van der Waals surface area (Å²) in [5, 5.41) is 13.4. The summed E-state index contributed by atoms with van der Waals surface area (Å²) in [6, 6.07) is 10.5. The van der Waals surface area contributed by atoms with Crippen molar-refractivity contribution in [3.63, 3.8) is 0 Å². The first-order chi connectivity index (χ1) is 11.0. The van der Waals surface area contributed by atoms with E-state index in [0.717, 1.165) is 11.3 Å². The van der Waals surface area contributed by atoms with Gasteiger partial charge in [0.05, 0.1) is 5.70 Å². The zero-order chi connectivity index (χ0) is 16.6. The Morgan fingerprint density at radius 2 is 1.87 bits per heavy atom. The van der Waals surface area contributed by atoms with Crippen molar-refractivity contribution in [3.05, 3.63) is 63.7 Å². The molecule has 2 heterocycles. The summed E-state index contributed by atoms with van der Waals surface area (Å²) in [6.07, 6.45) is -2.23. The Labute approximate surface area is 142 Å². The van der Waals surface area contributed by atoms with E-state index in [1.807, 2.05) is 31.2 Å². The summed E-state index contributed by atoms with van der Waals surface area (Å²) in [5.74, 6) is -0.523. The molecule has 1 aliphatic rings. The van der Waals surface area contributed by atoms with Crippen molar-refractivity contribution >= 4 is 34.9 Å².